The molecule has 1 rings (SSSR count). The average molecular weight is 320 g/mol. The maximum absolute atomic E-state index is 11.8. The van der Waals surface area contributed by atoms with Crippen molar-refractivity contribution >= 4 is 17.8 Å². The fourth-order valence-electron chi connectivity index (χ4n) is 1.94. The van der Waals surface area contributed by atoms with E-state index in [1.165, 1.54) is 0 Å². The Hall–Kier alpha value is -2.37. The molecule has 0 aliphatic heterocycles. The average Bonchev–Trinajstić information content (AvgIpc) is 2.51. The molecule has 0 aromatic heterocycles. The van der Waals surface area contributed by atoms with E-state index >= 15 is 0 Å². The van der Waals surface area contributed by atoms with E-state index < -0.39 is 5.97 Å². The maximum atomic E-state index is 11.8. The molecule has 0 aliphatic rings. The molecule has 0 fully saturated rings. The number of carbonyl (C=O) groups is 3. The number of amides is 2. The molecular weight excluding hydrogens is 296 g/mol. The predicted octanol–water partition coefficient (Wildman–Crippen LogP) is 1.71. The van der Waals surface area contributed by atoms with Crippen LogP contribution in [0.2, 0.25) is 0 Å². The fourth-order valence-corrected chi connectivity index (χ4v) is 1.94. The molecule has 0 aliphatic carbocycles. The third-order valence-corrected chi connectivity index (χ3v) is 3.05. The second-order valence-electron chi connectivity index (χ2n) is 5.58. The van der Waals surface area contributed by atoms with Crippen LogP contribution >= 0.6 is 0 Å². The van der Waals surface area contributed by atoms with Gasteiger partial charge in [0.2, 0.25) is 5.91 Å². The van der Waals surface area contributed by atoms with Crippen molar-refractivity contribution in [3.63, 3.8) is 0 Å². The molecule has 0 bridgehead atoms. The molecule has 0 saturated carbocycles. The maximum Gasteiger partial charge on any atom is 0.306 e. The van der Waals surface area contributed by atoms with Crippen LogP contribution in [-0.4, -0.2) is 30.4 Å². The largest absolute Gasteiger partial charge is 0.456 e. The summed E-state index contributed by atoms with van der Waals surface area (Å²) in [6.45, 7) is 5.19. The highest BCUT2D eigenvalue weighted by molar-refractivity contribution is 5.83. The van der Waals surface area contributed by atoms with Gasteiger partial charge in [-0.3, -0.25) is 14.4 Å². The van der Waals surface area contributed by atoms with Gasteiger partial charge in [-0.2, -0.15) is 0 Å². The molecular formula is C17H24N2O4. The third kappa shape index (κ3) is 7.99. The summed E-state index contributed by atoms with van der Waals surface area (Å²) in [5.74, 6) is -1.15. The second-order valence-corrected chi connectivity index (χ2v) is 5.58. The number of ether oxygens (including phenoxy) is 1. The van der Waals surface area contributed by atoms with Crippen LogP contribution in [0.1, 0.15) is 45.2 Å². The number of hydrogen-bond acceptors (Lipinski definition) is 4. The van der Waals surface area contributed by atoms with Gasteiger partial charge in [0.05, 0.1) is 12.5 Å². The SMILES string of the molecule is CC(C)NC(=O)COC(=O)CCC(=O)N[C@@H](C)c1ccccc1. The van der Waals surface area contributed by atoms with Crippen molar-refractivity contribution in [2.45, 2.75) is 45.7 Å². The minimum Gasteiger partial charge on any atom is -0.456 e. The van der Waals surface area contributed by atoms with Gasteiger partial charge in [-0.05, 0) is 26.3 Å². The first-order valence-electron chi connectivity index (χ1n) is 7.67. The summed E-state index contributed by atoms with van der Waals surface area (Å²) in [5, 5.41) is 5.43. The molecule has 2 amide bonds. The molecule has 1 aromatic rings. The van der Waals surface area contributed by atoms with E-state index in [1.807, 2.05) is 51.1 Å². The van der Waals surface area contributed by atoms with Gasteiger partial charge in [-0.1, -0.05) is 30.3 Å². The van der Waals surface area contributed by atoms with Crippen molar-refractivity contribution in [3.05, 3.63) is 35.9 Å². The molecule has 6 nitrogen and oxygen atoms in total. The highest BCUT2D eigenvalue weighted by Crippen LogP contribution is 2.11. The summed E-state index contributed by atoms with van der Waals surface area (Å²) in [7, 11) is 0. The molecule has 0 unspecified atom stereocenters. The summed E-state index contributed by atoms with van der Waals surface area (Å²) in [5.41, 5.74) is 0.994. The van der Waals surface area contributed by atoms with E-state index in [9.17, 15) is 14.4 Å². The summed E-state index contributed by atoms with van der Waals surface area (Å²) in [6, 6.07) is 9.42. The molecule has 126 valence electrons. The van der Waals surface area contributed by atoms with Gasteiger partial charge in [-0.25, -0.2) is 0 Å². The van der Waals surface area contributed by atoms with Crippen molar-refractivity contribution in [3.8, 4) is 0 Å². The third-order valence-electron chi connectivity index (χ3n) is 3.05. The first-order valence-corrected chi connectivity index (χ1v) is 7.67. The van der Waals surface area contributed by atoms with Crippen molar-refractivity contribution in [1.29, 1.82) is 0 Å². The normalized spacial score (nSPS) is 11.7. The Bertz CT molecular complexity index is 529. The summed E-state index contributed by atoms with van der Waals surface area (Å²) in [6.07, 6.45) is -0.0237. The molecule has 1 aromatic carbocycles. The van der Waals surface area contributed by atoms with Crippen molar-refractivity contribution in [2.24, 2.45) is 0 Å². The molecule has 0 saturated heterocycles. The standard InChI is InChI=1S/C17H24N2O4/c1-12(2)18-16(21)11-23-17(22)10-9-15(20)19-13(3)14-7-5-4-6-8-14/h4-8,12-13H,9-11H2,1-3H3,(H,18,21)(H,19,20)/t13-/m0/s1. The van der Waals surface area contributed by atoms with Crippen LogP contribution in [0.25, 0.3) is 0 Å². The summed E-state index contributed by atoms with van der Waals surface area (Å²) in [4.78, 5) is 34.7. The number of benzene rings is 1. The zero-order valence-corrected chi connectivity index (χ0v) is 13.8. The second kappa shape index (κ2) is 9.61. The molecule has 0 spiro atoms. The van der Waals surface area contributed by atoms with Crippen molar-refractivity contribution < 1.29 is 19.1 Å². The van der Waals surface area contributed by atoms with Crippen molar-refractivity contribution in [1.82, 2.24) is 10.6 Å². The molecule has 1 atom stereocenters. The van der Waals surface area contributed by atoms with Crippen LogP contribution in [0.15, 0.2) is 30.3 Å². The van der Waals surface area contributed by atoms with Crippen LogP contribution in [0.4, 0.5) is 0 Å². The highest BCUT2D eigenvalue weighted by Gasteiger charge is 2.13. The van der Waals surface area contributed by atoms with E-state index in [1.54, 1.807) is 0 Å². The first-order chi connectivity index (χ1) is 10.9. The Morgan fingerprint density at radius 1 is 0.957 bits per heavy atom. The van der Waals surface area contributed by atoms with E-state index in [4.69, 9.17) is 4.74 Å². The zero-order valence-electron chi connectivity index (χ0n) is 13.8. The summed E-state index contributed by atoms with van der Waals surface area (Å²) < 4.78 is 4.81. The number of carbonyl (C=O) groups excluding carboxylic acids is 3. The Labute approximate surface area is 136 Å². The molecule has 0 heterocycles. The van der Waals surface area contributed by atoms with Gasteiger partial charge in [0.15, 0.2) is 6.61 Å². The lowest BCUT2D eigenvalue weighted by Crippen LogP contribution is -2.34. The Kier molecular flexibility index (Phi) is 7.80. The van der Waals surface area contributed by atoms with Gasteiger partial charge in [0.1, 0.15) is 0 Å². The van der Waals surface area contributed by atoms with Gasteiger partial charge in [0.25, 0.3) is 5.91 Å². The van der Waals surface area contributed by atoms with Gasteiger partial charge in [0, 0.05) is 12.5 Å². The zero-order chi connectivity index (χ0) is 17.2. The molecule has 0 radical (unpaired) electrons. The lowest BCUT2D eigenvalue weighted by Gasteiger charge is -2.14. The number of esters is 1. The van der Waals surface area contributed by atoms with Crippen LogP contribution < -0.4 is 10.6 Å². The van der Waals surface area contributed by atoms with Gasteiger partial charge in [-0.15, -0.1) is 0 Å². The first kappa shape index (κ1) is 18.7. The lowest BCUT2D eigenvalue weighted by molar-refractivity contribution is -0.149. The van der Waals surface area contributed by atoms with E-state index in [0.29, 0.717) is 0 Å². The van der Waals surface area contributed by atoms with E-state index in [-0.39, 0.29) is 43.3 Å². The Morgan fingerprint density at radius 3 is 2.22 bits per heavy atom. The number of nitrogens with one attached hydrogen (secondary N) is 2. The number of rotatable bonds is 8. The van der Waals surface area contributed by atoms with Crippen LogP contribution in [-0.2, 0) is 19.1 Å². The van der Waals surface area contributed by atoms with Crippen LogP contribution in [0, 0.1) is 0 Å². The monoisotopic (exact) mass is 320 g/mol. The van der Waals surface area contributed by atoms with E-state index in [0.717, 1.165) is 5.56 Å². The highest BCUT2D eigenvalue weighted by atomic mass is 16.5. The molecule has 6 heteroatoms. The smallest absolute Gasteiger partial charge is 0.306 e. The minimum absolute atomic E-state index is 0.00791. The summed E-state index contributed by atoms with van der Waals surface area (Å²) >= 11 is 0. The van der Waals surface area contributed by atoms with Crippen LogP contribution in [0.5, 0.6) is 0 Å². The van der Waals surface area contributed by atoms with Gasteiger partial charge < -0.3 is 15.4 Å². The Balaban J connectivity index is 2.25. The Morgan fingerprint density at radius 2 is 1.61 bits per heavy atom. The minimum atomic E-state index is -0.563. The quantitative estimate of drug-likeness (QED) is 0.714. The number of hydrogen-bond donors (Lipinski definition) is 2. The van der Waals surface area contributed by atoms with E-state index in [2.05, 4.69) is 10.6 Å². The van der Waals surface area contributed by atoms with Gasteiger partial charge >= 0.3 is 5.97 Å². The fraction of sp³-hybridized carbons (Fsp3) is 0.471. The van der Waals surface area contributed by atoms with Crippen LogP contribution in [0.3, 0.4) is 0 Å². The molecule has 2 N–H and O–H groups in total. The van der Waals surface area contributed by atoms with Crippen molar-refractivity contribution in [2.75, 3.05) is 6.61 Å². The topological polar surface area (TPSA) is 84.5 Å². The predicted molar refractivity (Wildman–Crippen MR) is 86.5 cm³/mol. The molecule has 23 heavy (non-hydrogen) atoms. The lowest BCUT2D eigenvalue weighted by atomic mass is 10.1.